The zero-order chi connectivity index (χ0) is 23.0. The maximum absolute atomic E-state index is 13.4. The van der Waals surface area contributed by atoms with Gasteiger partial charge in [0.2, 0.25) is 0 Å². The zero-order valence-corrected chi connectivity index (χ0v) is 18.3. The molecule has 0 saturated heterocycles. The van der Waals surface area contributed by atoms with Gasteiger partial charge in [-0.25, -0.2) is 4.79 Å². The highest BCUT2D eigenvalue weighted by molar-refractivity contribution is 6.30. The number of dihydropyridines is 1. The van der Waals surface area contributed by atoms with E-state index in [2.05, 4.69) is 5.32 Å². The van der Waals surface area contributed by atoms with Gasteiger partial charge in [-0.3, -0.25) is 14.9 Å². The van der Waals surface area contributed by atoms with Gasteiger partial charge in [-0.2, -0.15) is 0 Å². The number of ketones is 1. The van der Waals surface area contributed by atoms with Crippen LogP contribution in [0.4, 0.5) is 5.69 Å². The first-order valence-electron chi connectivity index (χ1n) is 10.1. The normalized spacial score (nSPS) is 20.5. The molecule has 1 aliphatic carbocycles. The second-order valence-electron chi connectivity index (χ2n) is 7.91. The number of hydrogen-bond acceptors (Lipinski definition) is 6. The van der Waals surface area contributed by atoms with Crippen molar-refractivity contribution >= 4 is 29.0 Å². The lowest BCUT2D eigenvalue weighted by Gasteiger charge is -2.36. The number of ether oxygens (including phenoxy) is 1. The van der Waals surface area contributed by atoms with E-state index in [0.29, 0.717) is 40.3 Å². The summed E-state index contributed by atoms with van der Waals surface area (Å²) in [7, 11) is 1.29. The average molecular weight is 453 g/mol. The molecule has 0 spiro atoms. The van der Waals surface area contributed by atoms with E-state index in [1.807, 2.05) is 12.1 Å². The highest BCUT2D eigenvalue weighted by atomic mass is 35.5. The Hall–Kier alpha value is -3.45. The maximum Gasteiger partial charge on any atom is 0.336 e. The summed E-state index contributed by atoms with van der Waals surface area (Å²) < 4.78 is 5.00. The Morgan fingerprint density at radius 3 is 2.31 bits per heavy atom. The van der Waals surface area contributed by atoms with E-state index in [4.69, 9.17) is 16.3 Å². The van der Waals surface area contributed by atoms with Crippen LogP contribution in [-0.2, 0) is 14.3 Å². The number of esters is 1. The van der Waals surface area contributed by atoms with E-state index >= 15 is 0 Å². The number of carbonyl (C=O) groups excluding carboxylic acids is 2. The highest BCUT2D eigenvalue weighted by Crippen LogP contribution is 2.45. The molecule has 32 heavy (non-hydrogen) atoms. The first-order chi connectivity index (χ1) is 15.3. The van der Waals surface area contributed by atoms with Crippen LogP contribution >= 0.6 is 11.6 Å². The second-order valence-corrected chi connectivity index (χ2v) is 8.35. The molecule has 2 aliphatic rings. The molecular formula is C24H21ClN2O5. The number of nitrogens with one attached hydrogen (secondary N) is 1. The Kier molecular flexibility index (Phi) is 5.84. The van der Waals surface area contributed by atoms with Crippen LogP contribution in [-0.4, -0.2) is 23.8 Å². The topological polar surface area (TPSA) is 98.5 Å². The number of nitro groups is 1. The van der Waals surface area contributed by atoms with Gasteiger partial charge in [-0.1, -0.05) is 35.9 Å². The molecule has 1 N–H and O–H groups in total. The lowest BCUT2D eigenvalue weighted by Crippen LogP contribution is -2.36. The van der Waals surface area contributed by atoms with Crippen LogP contribution in [0.1, 0.15) is 42.7 Å². The van der Waals surface area contributed by atoms with Crippen molar-refractivity contribution in [3.05, 3.63) is 97.3 Å². The summed E-state index contributed by atoms with van der Waals surface area (Å²) in [6, 6.07) is 13.4. The minimum atomic E-state index is -0.654. The van der Waals surface area contributed by atoms with E-state index in [-0.39, 0.29) is 17.4 Å². The van der Waals surface area contributed by atoms with Gasteiger partial charge in [0.15, 0.2) is 5.78 Å². The molecule has 4 rings (SSSR count). The van der Waals surface area contributed by atoms with E-state index < -0.39 is 16.8 Å². The maximum atomic E-state index is 13.4. The number of halogens is 1. The Morgan fingerprint density at radius 2 is 1.72 bits per heavy atom. The van der Waals surface area contributed by atoms with Crippen LogP contribution in [0.15, 0.2) is 71.1 Å². The van der Waals surface area contributed by atoms with Crippen LogP contribution in [0.25, 0.3) is 0 Å². The summed E-state index contributed by atoms with van der Waals surface area (Å²) in [6.45, 7) is 1.77. The first kappa shape index (κ1) is 21.8. The van der Waals surface area contributed by atoms with Crippen molar-refractivity contribution in [1.82, 2.24) is 5.32 Å². The van der Waals surface area contributed by atoms with E-state index in [9.17, 15) is 19.7 Å². The lowest BCUT2D eigenvalue weighted by molar-refractivity contribution is -0.384. The van der Waals surface area contributed by atoms with Gasteiger partial charge in [-0.05, 0) is 42.5 Å². The fourth-order valence-corrected chi connectivity index (χ4v) is 4.64. The Balaban J connectivity index is 1.79. The van der Waals surface area contributed by atoms with Crippen LogP contribution in [0.2, 0.25) is 5.02 Å². The van der Waals surface area contributed by atoms with E-state index in [0.717, 1.165) is 11.3 Å². The van der Waals surface area contributed by atoms with Crippen molar-refractivity contribution in [1.29, 1.82) is 0 Å². The summed E-state index contributed by atoms with van der Waals surface area (Å²) in [4.78, 5) is 36.6. The van der Waals surface area contributed by atoms with Gasteiger partial charge in [0.05, 0.1) is 17.6 Å². The largest absolute Gasteiger partial charge is 0.466 e. The first-order valence-corrected chi connectivity index (χ1v) is 10.5. The molecular weight excluding hydrogens is 432 g/mol. The number of hydrogen-bond donors (Lipinski definition) is 1. The minimum absolute atomic E-state index is 0.0176. The highest BCUT2D eigenvalue weighted by Gasteiger charge is 2.41. The number of nitrogens with zero attached hydrogens (tertiary/aromatic N) is 1. The van der Waals surface area contributed by atoms with Crippen molar-refractivity contribution in [3.63, 3.8) is 0 Å². The summed E-state index contributed by atoms with van der Waals surface area (Å²) in [6.07, 6.45) is 0.886. The molecule has 8 heteroatoms. The third kappa shape index (κ3) is 3.91. The third-order valence-electron chi connectivity index (χ3n) is 6.01. The summed E-state index contributed by atoms with van der Waals surface area (Å²) in [5, 5.41) is 15.0. The SMILES string of the molecule is COC(=O)C1=C(C)NC2=C(C(=O)CC(c3ccc(Cl)cc3)C2)C1c1ccc([N+](=O)[O-])cc1. The predicted octanol–water partition coefficient (Wildman–Crippen LogP) is 4.78. The van der Waals surface area contributed by atoms with Crippen LogP contribution in [0.3, 0.4) is 0 Å². The molecule has 1 aliphatic heterocycles. The summed E-state index contributed by atoms with van der Waals surface area (Å²) in [5.41, 5.74) is 3.78. The van der Waals surface area contributed by atoms with Gasteiger partial charge >= 0.3 is 5.97 Å². The molecule has 7 nitrogen and oxygen atoms in total. The summed E-state index contributed by atoms with van der Waals surface area (Å²) >= 11 is 6.01. The Labute approximate surface area is 189 Å². The fourth-order valence-electron chi connectivity index (χ4n) is 4.51. The van der Waals surface area contributed by atoms with Crippen molar-refractivity contribution in [3.8, 4) is 0 Å². The number of allylic oxidation sites excluding steroid dienone is 3. The van der Waals surface area contributed by atoms with Crippen molar-refractivity contribution in [2.24, 2.45) is 0 Å². The van der Waals surface area contributed by atoms with Gasteiger partial charge in [0.25, 0.3) is 5.69 Å². The van der Waals surface area contributed by atoms with Crippen LogP contribution in [0.5, 0.6) is 0 Å². The van der Waals surface area contributed by atoms with Gasteiger partial charge < -0.3 is 10.1 Å². The minimum Gasteiger partial charge on any atom is -0.466 e. The van der Waals surface area contributed by atoms with Crippen molar-refractivity contribution in [2.45, 2.75) is 31.6 Å². The molecule has 0 radical (unpaired) electrons. The number of nitro benzene ring substituents is 1. The molecule has 0 saturated carbocycles. The number of Topliss-reactive ketones (excluding diaryl/α,β-unsaturated/α-hetero) is 1. The molecule has 2 atom stereocenters. The number of carbonyl (C=O) groups is 2. The molecule has 0 bridgehead atoms. The number of benzene rings is 2. The molecule has 0 fully saturated rings. The lowest BCUT2D eigenvalue weighted by atomic mass is 9.71. The molecule has 2 aromatic carbocycles. The van der Waals surface area contributed by atoms with E-state index in [1.54, 1.807) is 31.2 Å². The zero-order valence-electron chi connectivity index (χ0n) is 17.6. The molecule has 2 aromatic rings. The van der Waals surface area contributed by atoms with Gasteiger partial charge in [0, 0.05) is 46.5 Å². The molecule has 2 unspecified atom stereocenters. The molecule has 164 valence electrons. The van der Waals surface area contributed by atoms with E-state index in [1.165, 1.54) is 19.2 Å². The van der Waals surface area contributed by atoms with Crippen molar-refractivity contribution < 1.29 is 19.2 Å². The number of non-ortho nitro benzene ring substituents is 1. The number of rotatable bonds is 4. The molecule has 0 amide bonds. The quantitative estimate of drug-likeness (QED) is 0.407. The van der Waals surface area contributed by atoms with Crippen LogP contribution in [0, 0.1) is 10.1 Å². The van der Waals surface area contributed by atoms with Gasteiger partial charge in [0.1, 0.15) is 0 Å². The smallest absolute Gasteiger partial charge is 0.336 e. The predicted molar refractivity (Wildman–Crippen MR) is 119 cm³/mol. The standard InChI is InChI=1S/C24H21ClN2O5/c1-13-21(24(29)32-2)22(15-5-9-18(10-6-15)27(30)31)23-19(26-13)11-16(12-20(23)28)14-3-7-17(25)8-4-14/h3-10,16,22,26H,11-12H2,1-2H3. The molecule has 1 heterocycles. The van der Waals surface area contributed by atoms with Gasteiger partial charge in [-0.15, -0.1) is 0 Å². The Morgan fingerprint density at radius 1 is 1.09 bits per heavy atom. The van der Waals surface area contributed by atoms with Crippen molar-refractivity contribution in [2.75, 3.05) is 7.11 Å². The third-order valence-corrected chi connectivity index (χ3v) is 6.26. The Bertz CT molecular complexity index is 1170. The number of methoxy groups -OCH3 is 1. The average Bonchev–Trinajstić information content (AvgIpc) is 2.78. The molecule has 0 aromatic heterocycles. The fraction of sp³-hybridized carbons (Fsp3) is 0.250. The summed E-state index contributed by atoms with van der Waals surface area (Å²) in [5.74, 6) is -1.29. The second kappa shape index (κ2) is 8.59. The van der Waals surface area contributed by atoms with Crippen LogP contribution < -0.4 is 5.32 Å². The monoisotopic (exact) mass is 452 g/mol.